The topological polar surface area (TPSA) is 47.6 Å². The van der Waals surface area contributed by atoms with Gasteiger partial charge in [-0.15, -0.1) is 0 Å². The lowest BCUT2D eigenvalue weighted by atomic mass is 10.1. The van der Waals surface area contributed by atoms with Gasteiger partial charge < -0.3 is 15.5 Å². The van der Waals surface area contributed by atoms with Gasteiger partial charge in [-0.05, 0) is 37.1 Å². The van der Waals surface area contributed by atoms with Gasteiger partial charge in [-0.25, -0.2) is 0 Å². The monoisotopic (exact) mass is 330 g/mol. The predicted octanol–water partition coefficient (Wildman–Crippen LogP) is 1.19. The van der Waals surface area contributed by atoms with Gasteiger partial charge in [-0.3, -0.25) is 9.69 Å². The highest BCUT2D eigenvalue weighted by molar-refractivity contribution is 5.81. The molecule has 1 atom stereocenters. The second kappa shape index (κ2) is 8.60. The Morgan fingerprint density at radius 2 is 1.79 bits per heavy atom. The Kier molecular flexibility index (Phi) is 6.24. The number of likely N-dealkylation sites (N-methyl/N-ethyl adjacent to an activating group) is 1. The number of nitrogens with zero attached hydrogens (tertiary/aromatic N) is 2. The quantitative estimate of drug-likeness (QED) is 0.823. The van der Waals surface area contributed by atoms with Gasteiger partial charge in [-0.2, -0.15) is 0 Å². The normalized spacial score (nSPS) is 22.6. The van der Waals surface area contributed by atoms with Gasteiger partial charge in [0.05, 0.1) is 6.04 Å². The predicted molar refractivity (Wildman–Crippen MR) is 96.7 cm³/mol. The summed E-state index contributed by atoms with van der Waals surface area (Å²) in [5.41, 5.74) is 2.52. The Morgan fingerprint density at radius 1 is 1.12 bits per heavy atom. The van der Waals surface area contributed by atoms with Crippen molar-refractivity contribution in [2.24, 2.45) is 0 Å². The number of amides is 1. The van der Waals surface area contributed by atoms with E-state index in [1.54, 1.807) is 0 Å². The third-order valence-electron chi connectivity index (χ3n) is 5.18. The van der Waals surface area contributed by atoms with Crippen molar-refractivity contribution < 1.29 is 4.79 Å². The number of carbonyl (C=O) groups excluding carboxylic acids is 1. The SMILES string of the molecule is CCN1CCN(Cc2ccc(CNC(=O)C3CCCN3)cc2)CC1. The molecule has 1 amide bonds. The van der Waals surface area contributed by atoms with E-state index in [1.807, 2.05) is 0 Å². The lowest BCUT2D eigenvalue weighted by Crippen LogP contribution is -2.45. The Labute approximate surface area is 145 Å². The summed E-state index contributed by atoms with van der Waals surface area (Å²) in [4.78, 5) is 17.0. The van der Waals surface area contributed by atoms with Crippen LogP contribution in [0.1, 0.15) is 30.9 Å². The maximum absolute atomic E-state index is 12.0. The van der Waals surface area contributed by atoms with E-state index in [4.69, 9.17) is 0 Å². The number of carbonyl (C=O) groups is 1. The van der Waals surface area contributed by atoms with E-state index < -0.39 is 0 Å². The van der Waals surface area contributed by atoms with Crippen LogP contribution in [0.25, 0.3) is 0 Å². The van der Waals surface area contributed by atoms with Crippen molar-refractivity contribution >= 4 is 5.91 Å². The zero-order chi connectivity index (χ0) is 16.8. The Hall–Kier alpha value is -1.43. The highest BCUT2D eigenvalue weighted by atomic mass is 16.2. The van der Waals surface area contributed by atoms with Gasteiger partial charge in [0.25, 0.3) is 0 Å². The first-order valence-electron chi connectivity index (χ1n) is 9.28. The van der Waals surface area contributed by atoms with Crippen LogP contribution in [0.2, 0.25) is 0 Å². The molecule has 0 bridgehead atoms. The standard InChI is InChI=1S/C19H30N4O/c1-2-22-10-12-23(13-11-22)15-17-7-5-16(6-8-17)14-21-19(24)18-4-3-9-20-18/h5-8,18,20H,2-4,9-15H2,1H3,(H,21,24). The zero-order valence-corrected chi connectivity index (χ0v) is 14.8. The average molecular weight is 330 g/mol. The molecule has 0 radical (unpaired) electrons. The molecule has 3 rings (SSSR count). The largest absolute Gasteiger partial charge is 0.351 e. The van der Waals surface area contributed by atoms with Crippen LogP contribution < -0.4 is 10.6 Å². The first-order chi connectivity index (χ1) is 11.7. The minimum Gasteiger partial charge on any atom is -0.351 e. The fraction of sp³-hybridized carbons (Fsp3) is 0.632. The zero-order valence-electron chi connectivity index (χ0n) is 14.8. The molecule has 2 N–H and O–H groups in total. The molecule has 1 aromatic carbocycles. The Morgan fingerprint density at radius 3 is 2.42 bits per heavy atom. The molecule has 2 aliphatic rings. The molecular formula is C19H30N4O. The summed E-state index contributed by atoms with van der Waals surface area (Å²) >= 11 is 0. The summed E-state index contributed by atoms with van der Waals surface area (Å²) in [7, 11) is 0. The number of rotatable bonds is 6. The highest BCUT2D eigenvalue weighted by Crippen LogP contribution is 2.11. The van der Waals surface area contributed by atoms with E-state index in [9.17, 15) is 4.79 Å². The smallest absolute Gasteiger partial charge is 0.237 e. The summed E-state index contributed by atoms with van der Waals surface area (Å²) in [6.45, 7) is 10.6. The fourth-order valence-corrected chi connectivity index (χ4v) is 3.51. The van der Waals surface area contributed by atoms with E-state index in [1.165, 1.54) is 24.2 Å². The van der Waals surface area contributed by atoms with E-state index in [-0.39, 0.29) is 11.9 Å². The van der Waals surface area contributed by atoms with Gasteiger partial charge in [0.2, 0.25) is 5.91 Å². The van der Waals surface area contributed by atoms with E-state index in [2.05, 4.69) is 51.6 Å². The average Bonchev–Trinajstić information content (AvgIpc) is 3.16. The first kappa shape index (κ1) is 17.4. The molecule has 5 nitrogen and oxygen atoms in total. The second-order valence-corrected chi connectivity index (χ2v) is 6.89. The molecule has 132 valence electrons. The molecule has 0 aliphatic carbocycles. The van der Waals surface area contributed by atoms with Crippen LogP contribution in [-0.2, 0) is 17.9 Å². The van der Waals surface area contributed by atoms with Crippen LogP contribution in [0.4, 0.5) is 0 Å². The lowest BCUT2D eigenvalue weighted by Gasteiger charge is -2.34. The molecule has 0 spiro atoms. The molecule has 24 heavy (non-hydrogen) atoms. The Balaban J connectivity index is 1.42. The highest BCUT2D eigenvalue weighted by Gasteiger charge is 2.21. The third-order valence-corrected chi connectivity index (χ3v) is 5.18. The summed E-state index contributed by atoms with van der Waals surface area (Å²) in [5, 5.41) is 6.27. The van der Waals surface area contributed by atoms with Crippen LogP contribution in [0.5, 0.6) is 0 Å². The first-order valence-corrected chi connectivity index (χ1v) is 9.28. The maximum Gasteiger partial charge on any atom is 0.237 e. The van der Waals surface area contributed by atoms with E-state index in [0.717, 1.165) is 45.6 Å². The summed E-state index contributed by atoms with van der Waals surface area (Å²) in [6, 6.07) is 8.68. The van der Waals surface area contributed by atoms with Gasteiger partial charge in [0, 0.05) is 39.3 Å². The van der Waals surface area contributed by atoms with Gasteiger partial charge in [0.1, 0.15) is 0 Å². The van der Waals surface area contributed by atoms with Crippen LogP contribution in [-0.4, -0.2) is 61.0 Å². The van der Waals surface area contributed by atoms with Crippen molar-refractivity contribution in [2.75, 3.05) is 39.3 Å². The number of nitrogens with one attached hydrogen (secondary N) is 2. The molecule has 2 saturated heterocycles. The van der Waals surface area contributed by atoms with Gasteiger partial charge >= 0.3 is 0 Å². The fourth-order valence-electron chi connectivity index (χ4n) is 3.51. The third kappa shape index (κ3) is 4.79. The number of benzene rings is 1. The van der Waals surface area contributed by atoms with Crippen LogP contribution in [0.15, 0.2) is 24.3 Å². The van der Waals surface area contributed by atoms with E-state index >= 15 is 0 Å². The van der Waals surface area contributed by atoms with Crippen molar-refractivity contribution in [3.8, 4) is 0 Å². The summed E-state index contributed by atoms with van der Waals surface area (Å²) < 4.78 is 0. The number of hydrogen-bond donors (Lipinski definition) is 2. The van der Waals surface area contributed by atoms with Crippen molar-refractivity contribution in [3.05, 3.63) is 35.4 Å². The van der Waals surface area contributed by atoms with E-state index in [0.29, 0.717) is 6.54 Å². The molecule has 1 unspecified atom stereocenters. The molecule has 2 heterocycles. The molecule has 0 saturated carbocycles. The number of piperazine rings is 1. The molecule has 5 heteroatoms. The van der Waals surface area contributed by atoms with Crippen LogP contribution >= 0.6 is 0 Å². The minimum absolute atomic E-state index is 0.00561. The molecule has 0 aromatic heterocycles. The Bertz CT molecular complexity index is 517. The van der Waals surface area contributed by atoms with Crippen molar-refractivity contribution in [1.82, 2.24) is 20.4 Å². The molecule has 1 aromatic rings. The summed E-state index contributed by atoms with van der Waals surface area (Å²) in [5.74, 6) is 0.130. The molecule has 2 aliphatic heterocycles. The van der Waals surface area contributed by atoms with Gasteiger partial charge in [-0.1, -0.05) is 31.2 Å². The minimum atomic E-state index is 0.00561. The van der Waals surface area contributed by atoms with Gasteiger partial charge in [0.15, 0.2) is 0 Å². The lowest BCUT2D eigenvalue weighted by molar-refractivity contribution is -0.122. The summed E-state index contributed by atoms with van der Waals surface area (Å²) in [6.07, 6.45) is 2.05. The maximum atomic E-state index is 12.0. The molecule has 2 fully saturated rings. The number of hydrogen-bond acceptors (Lipinski definition) is 4. The van der Waals surface area contributed by atoms with Crippen molar-refractivity contribution in [3.63, 3.8) is 0 Å². The van der Waals surface area contributed by atoms with Crippen LogP contribution in [0.3, 0.4) is 0 Å². The van der Waals surface area contributed by atoms with Crippen molar-refractivity contribution in [1.29, 1.82) is 0 Å². The molecular weight excluding hydrogens is 300 g/mol. The van der Waals surface area contributed by atoms with Crippen molar-refractivity contribution in [2.45, 2.75) is 38.9 Å². The second-order valence-electron chi connectivity index (χ2n) is 6.89. The van der Waals surface area contributed by atoms with Crippen LogP contribution in [0, 0.1) is 0 Å².